The van der Waals surface area contributed by atoms with Gasteiger partial charge in [0.2, 0.25) is 5.95 Å². The lowest BCUT2D eigenvalue weighted by atomic mass is 9.91. The molecule has 2 unspecified atom stereocenters. The van der Waals surface area contributed by atoms with E-state index in [1.807, 2.05) is 12.1 Å². The molecule has 2 atom stereocenters. The number of piperazine rings is 1. The molecular weight excluding hydrogens is 345 g/mol. The molecule has 0 amide bonds. The molecule has 27 heavy (non-hydrogen) atoms. The van der Waals surface area contributed by atoms with E-state index in [0.29, 0.717) is 30.1 Å². The maximum Gasteiger partial charge on any atom is 0.225 e. The number of nitrogens with zero attached hydrogens (tertiary/aromatic N) is 5. The van der Waals surface area contributed by atoms with Gasteiger partial charge in [-0.25, -0.2) is 14.4 Å². The Kier molecular flexibility index (Phi) is 5.16. The van der Waals surface area contributed by atoms with E-state index in [2.05, 4.69) is 25.8 Å². The lowest BCUT2D eigenvalue weighted by Gasteiger charge is -2.46. The zero-order valence-electron chi connectivity index (χ0n) is 15.1. The fourth-order valence-corrected chi connectivity index (χ4v) is 3.91. The summed E-state index contributed by atoms with van der Waals surface area (Å²) in [6, 6.07) is 9.93. The largest absolute Gasteiger partial charge is 0.493 e. The first-order valence-electron chi connectivity index (χ1n) is 9.31. The Morgan fingerprint density at radius 3 is 2.85 bits per heavy atom. The summed E-state index contributed by atoms with van der Waals surface area (Å²) in [7, 11) is 0. The molecule has 6 nitrogen and oxygen atoms in total. The van der Waals surface area contributed by atoms with Gasteiger partial charge in [0.15, 0.2) is 5.82 Å². The van der Waals surface area contributed by atoms with Crippen LogP contribution < -0.4 is 9.64 Å². The number of halogens is 1. The molecule has 0 radical (unpaired) electrons. The van der Waals surface area contributed by atoms with E-state index in [1.165, 1.54) is 12.4 Å². The number of hydrogen-bond donors (Lipinski definition) is 0. The first kappa shape index (κ1) is 17.7. The third-order valence-corrected chi connectivity index (χ3v) is 5.34. The minimum absolute atomic E-state index is 0.404. The van der Waals surface area contributed by atoms with Gasteiger partial charge in [-0.2, -0.15) is 5.26 Å². The molecule has 1 aromatic carbocycles. The van der Waals surface area contributed by atoms with Gasteiger partial charge in [0.1, 0.15) is 5.75 Å². The van der Waals surface area contributed by atoms with Crippen molar-refractivity contribution in [2.45, 2.75) is 18.9 Å². The quantitative estimate of drug-likeness (QED) is 0.827. The van der Waals surface area contributed by atoms with Crippen molar-refractivity contribution in [1.82, 2.24) is 14.9 Å². The van der Waals surface area contributed by atoms with Crippen molar-refractivity contribution in [1.29, 1.82) is 5.26 Å². The Morgan fingerprint density at radius 1 is 1.19 bits per heavy atom. The molecule has 2 fully saturated rings. The summed E-state index contributed by atoms with van der Waals surface area (Å²) in [5, 5.41) is 8.98. The second-order valence-corrected chi connectivity index (χ2v) is 7.19. The van der Waals surface area contributed by atoms with Crippen LogP contribution in [0.15, 0.2) is 36.7 Å². The van der Waals surface area contributed by atoms with E-state index in [1.54, 1.807) is 12.1 Å². The van der Waals surface area contributed by atoms with Gasteiger partial charge in [0.25, 0.3) is 0 Å². The lowest BCUT2D eigenvalue weighted by Crippen LogP contribution is -2.57. The number of aromatic nitrogens is 2. The summed E-state index contributed by atoms with van der Waals surface area (Å²) in [5.74, 6) is 1.45. The van der Waals surface area contributed by atoms with Gasteiger partial charge in [-0.3, -0.25) is 4.90 Å². The van der Waals surface area contributed by atoms with Crippen LogP contribution in [0.25, 0.3) is 0 Å². The predicted molar refractivity (Wildman–Crippen MR) is 98.9 cm³/mol. The first-order valence-corrected chi connectivity index (χ1v) is 9.31. The molecule has 2 saturated heterocycles. The maximum atomic E-state index is 13.0. The van der Waals surface area contributed by atoms with Crippen LogP contribution in [-0.4, -0.2) is 53.7 Å². The summed E-state index contributed by atoms with van der Waals surface area (Å²) in [6.45, 7) is 4.36. The van der Waals surface area contributed by atoms with Gasteiger partial charge >= 0.3 is 0 Å². The third kappa shape index (κ3) is 4.17. The van der Waals surface area contributed by atoms with Gasteiger partial charge in [0.05, 0.1) is 30.6 Å². The van der Waals surface area contributed by atoms with Gasteiger partial charge in [0, 0.05) is 38.1 Å². The third-order valence-electron chi connectivity index (χ3n) is 5.34. The molecule has 0 bridgehead atoms. The van der Waals surface area contributed by atoms with Crippen molar-refractivity contribution in [3.8, 4) is 11.8 Å². The fraction of sp³-hybridized carbons (Fsp3) is 0.450. The number of nitriles is 1. The maximum absolute atomic E-state index is 13.0. The molecule has 2 aliphatic heterocycles. The topological polar surface area (TPSA) is 65.3 Å². The fourth-order valence-electron chi connectivity index (χ4n) is 3.91. The van der Waals surface area contributed by atoms with Crippen LogP contribution in [0.1, 0.15) is 18.4 Å². The van der Waals surface area contributed by atoms with Crippen molar-refractivity contribution in [2.24, 2.45) is 5.92 Å². The average Bonchev–Trinajstić information content (AvgIpc) is 2.72. The van der Waals surface area contributed by atoms with E-state index in [9.17, 15) is 4.39 Å². The Hall–Kier alpha value is -2.72. The summed E-state index contributed by atoms with van der Waals surface area (Å²) < 4.78 is 18.9. The molecule has 0 saturated carbocycles. The molecule has 0 aliphatic carbocycles. The highest BCUT2D eigenvalue weighted by atomic mass is 19.1. The van der Waals surface area contributed by atoms with Gasteiger partial charge in [-0.15, -0.1) is 0 Å². The van der Waals surface area contributed by atoms with Gasteiger partial charge < -0.3 is 9.64 Å². The number of benzene rings is 1. The molecule has 140 valence electrons. The molecule has 0 spiro atoms. The minimum Gasteiger partial charge on any atom is -0.493 e. The minimum atomic E-state index is -0.404. The van der Waals surface area contributed by atoms with Crippen LogP contribution in [0, 0.1) is 23.1 Å². The van der Waals surface area contributed by atoms with Crippen LogP contribution in [0.5, 0.6) is 5.75 Å². The Morgan fingerprint density at radius 2 is 2.04 bits per heavy atom. The smallest absolute Gasteiger partial charge is 0.225 e. The Bertz CT molecular complexity index is 822. The molecule has 0 N–H and O–H groups in total. The van der Waals surface area contributed by atoms with Crippen molar-refractivity contribution < 1.29 is 9.13 Å². The summed E-state index contributed by atoms with van der Waals surface area (Å²) >= 11 is 0. The Balaban J connectivity index is 1.30. The molecule has 2 aliphatic rings. The number of piperidine rings is 1. The van der Waals surface area contributed by atoms with E-state index in [0.717, 1.165) is 44.8 Å². The lowest BCUT2D eigenvalue weighted by molar-refractivity contribution is 0.0725. The second kappa shape index (κ2) is 7.89. The normalized spacial score (nSPS) is 22.7. The number of hydrogen-bond acceptors (Lipinski definition) is 6. The van der Waals surface area contributed by atoms with Crippen molar-refractivity contribution >= 4 is 5.95 Å². The number of anilines is 1. The first-order chi connectivity index (χ1) is 13.2. The van der Waals surface area contributed by atoms with Crippen molar-refractivity contribution in [3.05, 3.63) is 48.0 Å². The van der Waals surface area contributed by atoms with E-state index >= 15 is 0 Å². The highest BCUT2D eigenvalue weighted by Gasteiger charge is 2.33. The zero-order chi connectivity index (χ0) is 18.6. The summed E-state index contributed by atoms with van der Waals surface area (Å²) in [5.41, 5.74) is 0.621. The zero-order valence-corrected chi connectivity index (χ0v) is 15.1. The molecular formula is C20H22FN5O. The monoisotopic (exact) mass is 367 g/mol. The van der Waals surface area contributed by atoms with E-state index in [-0.39, 0.29) is 0 Å². The van der Waals surface area contributed by atoms with Crippen LogP contribution in [-0.2, 0) is 0 Å². The molecule has 7 heteroatoms. The Labute approximate surface area is 158 Å². The van der Waals surface area contributed by atoms with Gasteiger partial charge in [-0.05, 0) is 31.0 Å². The van der Waals surface area contributed by atoms with Crippen molar-refractivity contribution in [3.63, 3.8) is 0 Å². The number of ether oxygens (including phenoxy) is 1. The molecule has 4 rings (SSSR count). The molecule has 1 aromatic heterocycles. The average molecular weight is 367 g/mol. The van der Waals surface area contributed by atoms with Crippen LogP contribution in [0.2, 0.25) is 0 Å². The van der Waals surface area contributed by atoms with Crippen LogP contribution in [0.3, 0.4) is 0 Å². The number of rotatable bonds is 4. The summed E-state index contributed by atoms with van der Waals surface area (Å²) in [4.78, 5) is 12.9. The van der Waals surface area contributed by atoms with Crippen molar-refractivity contribution in [2.75, 3.05) is 37.7 Å². The predicted octanol–water partition coefficient (Wildman–Crippen LogP) is 2.47. The van der Waals surface area contributed by atoms with E-state index < -0.39 is 5.82 Å². The highest BCUT2D eigenvalue weighted by molar-refractivity contribution is 5.36. The highest BCUT2D eigenvalue weighted by Crippen LogP contribution is 2.27. The SMILES string of the molecule is N#Cc1cccc(OCC2CCC3CN(c4ncc(F)cn4)CCN3C2)c1. The standard InChI is InChI=1S/C20H22FN5O/c21-17-10-23-20(24-11-17)26-7-6-25-12-16(4-5-18(25)13-26)14-27-19-3-1-2-15(8-19)9-22/h1-3,8,10-11,16,18H,4-7,12-14H2. The van der Waals surface area contributed by atoms with E-state index in [4.69, 9.17) is 10.00 Å². The van der Waals surface area contributed by atoms with Gasteiger partial charge in [-0.1, -0.05) is 6.07 Å². The second-order valence-electron chi connectivity index (χ2n) is 7.19. The number of fused-ring (bicyclic) bond motifs is 1. The van der Waals surface area contributed by atoms with Crippen LogP contribution >= 0.6 is 0 Å². The van der Waals surface area contributed by atoms with Crippen LogP contribution in [0.4, 0.5) is 10.3 Å². The molecule has 2 aromatic rings. The molecule has 3 heterocycles. The summed E-state index contributed by atoms with van der Waals surface area (Å²) in [6.07, 6.45) is 4.66.